The fourth-order valence-corrected chi connectivity index (χ4v) is 3.23. The third-order valence-electron chi connectivity index (χ3n) is 2.17. The number of aryl methyl sites for hydroxylation is 1. The number of methoxy groups -OCH3 is 1. The van der Waals surface area contributed by atoms with Crippen molar-refractivity contribution >= 4 is 35.0 Å². The minimum Gasteiger partial charge on any atom is -0.477 e. The van der Waals surface area contributed by atoms with E-state index in [1.54, 1.807) is 6.92 Å². The average molecular weight is 311 g/mol. The van der Waals surface area contributed by atoms with Gasteiger partial charge in [-0.3, -0.25) is 4.98 Å². The number of nitrogens with zero attached hydrogens (tertiary/aromatic N) is 3. The highest BCUT2D eigenvalue weighted by molar-refractivity contribution is 8.01. The van der Waals surface area contributed by atoms with E-state index in [9.17, 15) is 9.59 Å². The number of hydrogen-bond acceptors (Lipinski definition) is 8. The van der Waals surface area contributed by atoms with Gasteiger partial charge in [0, 0.05) is 0 Å². The minimum absolute atomic E-state index is 0.0873. The first kappa shape index (κ1) is 14.4. The summed E-state index contributed by atoms with van der Waals surface area (Å²) in [5, 5.41) is 9.41. The second-order valence-electron chi connectivity index (χ2n) is 3.54. The largest absolute Gasteiger partial charge is 0.477 e. The van der Waals surface area contributed by atoms with Gasteiger partial charge in [0.2, 0.25) is 0 Å². The third-order valence-corrected chi connectivity index (χ3v) is 4.28. The summed E-state index contributed by atoms with van der Waals surface area (Å²) in [7, 11) is 1.26. The molecule has 0 fully saturated rings. The van der Waals surface area contributed by atoms with Gasteiger partial charge in [0.25, 0.3) is 0 Å². The Balaban J connectivity index is 2.24. The van der Waals surface area contributed by atoms with Gasteiger partial charge in [-0.15, -0.1) is 0 Å². The maximum atomic E-state index is 11.3. The Morgan fingerprint density at radius 2 is 2.10 bits per heavy atom. The van der Waals surface area contributed by atoms with Crippen LogP contribution in [0.3, 0.4) is 0 Å². The first-order valence-electron chi connectivity index (χ1n) is 5.30. The van der Waals surface area contributed by atoms with Crippen LogP contribution in [-0.4, -0.2) is 39.1 Å². The number of aromatic nitrogens is 3. The second kappa shape index (κ2) is 5.97. The molecule has 0 aliphatic carbocycles. The van der Waals surface area contributed by atoms with Crippen molar-refractivity contribution in [1.82, 2.24) is 15.0 Å². The maximum absolute atomic E-state index is 11.3. The zero-order chi connectivity index (χ0) is 14.7. The Bertz CT molecular complexity index is 671. The molecule has 0 aliphatic rings. The van der Waals surface area contributed by atoms with E-state index in [-0.39, 0.29) is 10.6 Å². The fraction of sp³-hybridized carbons (Fsp3) is 0.182. The van der Waals surface area contributed by atoms with Gasteiger partial charge in [0.05, 0.1) is 25.2 Å². The van der Waals surface area contributed by atoms with Crippen LogP contribution in [0.4, 0.5) is 0 Å². The quantitative estimate of drug-likeness (QED) is 0.854. The monoisotopic (exact) mass is 311 g/mol. The zero-order valence-corrected chi connectivity index (χ0v) is 12.1. The summed E-state index contributed by atoms with van der Waals surface area (Å²) in [6.07, 6.45) is 2.76. The van der Waals surface area contributed by atoms with Crippen molar-refractivity contribution in [1.29, 1.82) is 0 Å². The number of carboxylic acid groups (broad SMARTS) is 1. The lowest BCUT2D eigenvalue weighted by Gasteiger charge is -2.00. The molecule has 0 aromatic carbocycles. The number of esters is 1. The highest BCUT2D eigenvalue weighted by Gasteiger charge is 2.16. The summed E-state index contributed by atoms with van der Waals surface area (Å²) in [6.45, 7) is 1.63. The molecule has 1 N–H and O–H groups in total. The van der Waals surface area contributed by atoms with Crippen LogP contribution in [0.25, 0.3) is 0 Å². The van der Waals surface area contributed by atoms with Gasteiger partial charge in [-0.2, -0.15) is 0 Å². The van der Waals surface area contributed by atoms with Crippen molar-refractivity contribution in [3.8, 4) is 0 Å². The molecule has 2 rings (SSSR count). The Morgan fingerprint density at radius 1 is 1.35 bits per heavy atom. The number of thiazole rings is 1. The van der Waals surface area contributed by atoms with Gasteiger partial charge >= 0.3 is 11.9 Å². The zero-order valence-electron chi connectivity index (χ0n) is 10.5. The van der Waals surface area contributed by atoms with Gasteiger partial charge in [0.15, 0.2) is 10.0 Å². The number of rotatable bonds is 4. The minimum atomic E-state index is -1.01. The average Bonchev–Trinajstić information content (AvgIpc) is 2.79. The Morgan fingerprint density at radius 3 is 2.70 bits per heavy atom. The molecular formula is C11H9N3O4S2. The van der Waals surface area contributed by atoms with Crippen molar-refractivity contribution in [3.63, 3.8) is 0 Å². The lowest BCUT2D eigenvalue weighted by atomic mass is 10.4. The van der Waals surface area contributed by atoms with E-state index in [4.69, 9.17) is 5.11 Å². The van der Waals surface area contributed by atoms with E-state index in [1.807, 2.05) is 0 Å². The molecule has 2 aromatic rings. The predicted molar refractivity (Wildman–Crippen MR) is 71.3 cm³/mol. The molecule has 0 spiro atoms. The Labute approximate surface area is 122 Å². The van der Waals surface area contributed by atoms with E-state index in [1.165, 1.54) is 19.5 Å². The van der Waals surface area contributed by atoms with Crippen LogP contribution in [0, 0.1) is 6.92 Å². The number of hydrogen-bond donors (Lipinski definition) is 1. The van der Waals surface area contributed by atoms with Crippen LogP contribution in [0.15, 0.2) is 21.8 Å². The lowest BCUT2D eigenvalue weighted by Crippen LogP contribution is -2.05. The van der Waals surface area contributed by atoms with E-state index in [0.717, 1.165) is 23.1 Å². The van der Waals surface area contributed by atoms with E-state index >= 15 is 0 Å². The fourth-order valence-electron chi connectivity index (χ4n) is 1.30. The first-order valence-corrected chi connectivity index (χ1v) is 6.93. The Kier molecular flexibility index (Phi) is 4.30. The Hall–Kier alpha value is -2.00. The lowest BCUT2D eigenvalue weighted by molar-refractivity contribution is 0.0591. The van der Waals surface area contributed by atoms with Crippen molar-refractivity contribution in [2.24, 2.45) is 0 Å². The molecule has 0 saturated heterocycles. The summed E-state index contributed by atoms with van der Waals surface area (Å²) in [4.78, 5) is 34.6. The maximum Gasteiger partial charge on any atom is 0.358 e. The number of carbonyl (C=O) groups excluding carboxylic acids is 1. The van der Waals surface area contributed by atoms with Gasteiger partial charge in [0.1, 0.15) is 9.90 Å². The topological polar surface area (TPSA) is 102 Å². The van der Waals surface area contributed by atoms with E-state index in [0.29, 0.717) is 15.1 Å². The smallest absolute Gasteiger partial charge is 0.358 e. The second-order valence-corrected chi connectivity index (χ2v) is 5.80. The summed E-state index contributed by atoms with van der Waals surface area (Å²) in [5.41, 5.74) is 0.534. The molecule has 2 heterocycles. The molecule has 0 radical (unpaired) electrons. The van der Waals surface area contributed by atoms with Gasteiger partial charge < -0.3 is 9.84 Å². The third kappa shape index (κ3) is 3.11. The molecule has 9 heteroatoms. The molecule has 104 valence electrons. The normalized spacial score (nSPS) is 10.3. The standard InChI is InChI=1S/C11H9N3O4S2/c1-5-8(9(15)16)20-11(13-5)19-7-4-12-3-6(14-7)10(17)18-2/h3-4H,1-2H3,(H,15,16). The van der Waals surface area contributed by atoms with Gasteiger partial charge in [-0.25, -0.2) is 19.6 Å². The van der Waals surface area contributed by atoms with Crippen molar-refractivity contribution < 1.29 is 19.4 Å². The van der Waals surface area contributed by atoms with Crippen molar-refractivity contribution in [2.75, 3.05) is 7.11 Å². The summed E-state index contributed by atoms with van der Waals surface area (Å²) in [5.74, 6) is -1.59. The van der Waals surface area contributed by atoms with Crippen LogP contribution in [0.1, 0.15) is 25.9 Å². The molecule has 0 saturated carbocycles. The summed E-state index contributed by atoms with van der Waals surface area (Å²) < 4.78 is 5.08. The van der Waals surface area contributed by atoms with Gasteiger partial charge in [-0.1, -0.05) is 11.3 Å². The molecular weight excluding hydrogens is 302 g/mol. The van der Waals surface area contributed by atoms with E-state index in [2.05, 4.69) is 19.7 Å². The number of ether oxygens (including phenoxy) is 1. The number of aromatic carboxylic acids is 1. The molecule has 0 amide bonds. The predicted octanol–water partition coefficient (Wildman–Crippen LogP) is 1.88. The highest BCUT2D eigenvalue weighted by atomic mass is 32.2. The molecule has 0 bridgehead atoms. The number of carbonyl (C=O) groups is 2. The first-order chi connectivity index (χ1) is 9.51. The molecule has 7 nitrogen and oxygen atoms in total. The van der Waals surface area contributed by atoms with Crippen LogP contribution < -0.4 is 0 Å². The molecule has 20 heavy (non-hydrogen) atoms. The number of carboxylic acids is 1. The highest BCUT2D eigenvalue weighted by Crippen LogP contribution is 2.31. The van der Waals surface area contributed by atoms with Crippen LogP contribution >= 0.6 is 23.1 Å². The van der Waals surface area contributed by atoms with E-state index < -0.39 is 11.9 Å². The summed E-state index contributed by atoms with van der Waals surface area (Å²) in [6, 6.07) is 0. The molecule has 2 aromatic heterocycles. The van der Waals surface area contributed by atoms with Crippen molar-refractivity contribution in [2.45, 2.75) is 16.3 Å². The molecule has 0 aliphatic heterocycles. The van der Waals surface area contributed by atoms with Crippen molar-refractivity contribution in [3.05, 3.63) is 28.7 Å². The van der Waals surface area contributed by atoms with Gasteiger partial charge in [-0.05, 0) is 18.7 Å². The molecule has 0 atom stereocenters. The SMILES string of the molecule is COC(=O)c1cncc(Sc2nc(C)c(C(=O)O)s2)n1. The van der Waals surface area contributed by atoms with Crippen LogP contribution in [-0.2, 0) is 4.74 Å². The summed E-state index contributed by atoms with van der Waals surface area (Å²) >= 11 is 2.20. The molecule has 0 unspecified atom stereocenters. The van der Waals surface area contributed by atoms with Crippen LogP contribution in [0.5, 0.6) is 0 Å². The van der Waals surface area contributed by atoms with Crippen LogP contribution in [0.2, 0.25) is 0 Å².